The summed E-state index contributed by atoms with van der Waals surface area (Å²) in [5.41, 5.74) is 9.37. The van der Waals surface area contributed by atoms with E-state index in [0.29, 0.717) is 40.6 Å². The van der Waals surface area contributed by atoms with Crippen molar-refractivity contribution in [2.45, 2.75) is 26.3 Å². The molecule has 3 heterocycles. The SMILES string of the molecule is COC(=O)CCc1c(-c2nccs2)c(C(N)=O)c(C)n1Cc1ccc2c(c1)OCO2. The molecule has 1 aliphatic heterocycles. The maximum absolute atomic E-state index is 12.4. The summed E-state index contributed by atoms with van der Waals surface area (Å²) in [6.45, 7) is 2.53. The van der Waals surface area contributed by atoms with E-state index in [9.17, 15) is 9.59 Å². The molecule has 0 saturated carbocycles. The third-order valence-electron chi connectivity index (χ3n) is 5.09. The van der Waals surface area contributed by atoms with Crippen LogP contribution < -0.4 is 15.2 Å². The smallest absolute Gasteiger partial charge is 0.305 e. The molecule has 4 rings (SSSR count). The van der Waals surface area contributed by atoms with Crippen molar-refractivity contribution in [3.05, 3.63) is 52.3 Å². The number of carbonyl (C=O) groups excluding carboxylic acids is 2. The Morgan fingerprint density at radius 3 is 2.80 bits per heavy atom. The van der Waals surface area contributed by atoms with Gasteiger partial charge >= 0.3 is 5.97 Å². The van der Waals surface area contributed by atoms with Crippen molar-refractivity contribution in [2.75, 3.05) is 13.9 Å². The molecule has 0 unspecified atom stereocenters. The van der Waals surface area contributed by atoms with Crippen molar-refractivity contribution in [1.82, 2.24) is 9.55 Å². The van der Waals surface area contributed by atoms with Gasteiger partial charge in [0.15, 0.2) is 11.5 Å². The summed E-state index contributed by atoms with van der Waals surface area (Å²) in [6.07, 6.45) is 2.25. The average molecular weight is 427 g/mol. The maximum Gasteiger partial charge on any atom is 0.305 e. The van der Waals surface area contributed by atoms with Crippen LogP contribution in [-0.2, 0) is 22.5 Å². The standard InChI is InChI=1S/C21H21N3O5S/c1-12-18(20(22)26)19(21-23-7-8-30-21)14(4-6-17(25)27-2)24(12)10-13-3-5-15-16(9-13)29-11-28-15/h3,5,7-9H,4,6,10-11H2,1-2H3,(H2,22,26). The fraction of sp³-hybridized carbons (Fsp3) is 0.286. The molecule has 1 amide bonds. The van der Waals surface area contributed by atoms with Gasteiger partial charge in [-0.05, 0) is 31.0 Å². The summed E-state index contributed by atoms with van der Waals surface area (Å²) in [5, 5.41) is 2.53. The van der Waals surface area contributed by atoms with E-state index >= 15 is 0 Å². The van der Waals surface area contributed by atoms with Crippen LogP contribution in [0.25, 0.3) is 10.6 Å². The Morgan fingerprint density at radius 1 is 1.30 bits per heavy atom. The van der Waals surface area contributed by atoms with Crippen LogP contribution in [0.15, 0.2) is 29.8 Å². The van der Waals surface area contributed by atoms with Crippen molar-refractivity contribution in [3.63, 3.8) is 0 Å². The number of hydrogen-bond donors (Lipinski definition) is 1. The van der Waals surface area contributed by atoms with E-state index in [2.05, 4.69) is 4.98 Å². The molecule has 30 heavy (non-hydrogen) atoms. The number of hydrogen-bond acceptors (Lipinski definition) is 7. The largest absolute Gasteiger partial charge is 0.469 e. The number of esters is 1. The summed E-state index contributed by atoms with van der Waals surface area (Å²) in [5.74, 6) is 0.537. The minimum absolute atomic E-state index is 0.178. The van der Waals surface area contributed by atoms with Gasteiger partial charge in [0.25, 0.3) is 5.91 Å². The molecule has 0 fully saturated rings. The number of fused-ring (bicyclic) bond motifs is 1. The number of thiazole rings is 1. The molecule has 0 spiro atoms. The molecule has 2 aromatic heterocycles. The number of methoxy groups -OCH3 is 1. The second kappa shape index (κ2) is 8.19. The molecule has 1 aromatic carbocycles. The predicted molar refractivity (Wildman–Crippen MR) is 111 cm³/mol. The van der Waals surface area contributed by atoms with Crippen molar-refractivity contribution in [2.24, 2.45) is 5.73 Å². The van der Waals surface area contributed by atoms with Crippen molar-refractivity contribution < 1.29 is 23.8 Å². The van der Waals surface area contributed by atoms with E-state index in [1.165, 1.54) is 18.4 Å². The molecule has 0 bridgehead atoms. The topological polar surface area (TPSA) is 106 Å². The molecule has 9 heteroatoms. The van der Waals surface area contributed by atoms with Crippen LogP contribution in [0.2, 0.25) is 0 Å². The van der Waals surface area contributed by atoms with Gasteiger partial charge in [-0.1, -0.05) is 6.07 Å². The third kappa shape index (κ3) is 3.63. The normalized spacial score (nSPS) is 12.2. The Kier molecular flexibility index (Phi) is 5.45. The number of amides is 1. The van der Waals surface area contributed by atoms with Gasteiger partial charge in [0, 0.05) is 35.1 Å². The zero-order valence-electron chi connectivity index (χ0n) is 16.6. The maximum atomic E-state index is 12.4. The molecule has 3 aromatic rings. The highest BCUT2D eigenvalue weighted by molar-refractivity contribution is 7.13. The van der Waals surface area contributed by atoms with Crippen molar-refractivity contribution in [1.29, 1.82) is 0 Å². The average Bonchev–Trinajstić information content (AvgIpc) is 3.46. The minimum atomic E-state index is -0.526. The van der Waals surface area contributed by atoms with Crippen molar-refractivity contribution >= 4 is 23.2 Å². The zero-order chi connectivity index (χ0) is 21.3. The lowest BCUT2D eigenvalue weighted by atomic mass is 10.1. The zero-order valence-corrected chi connectivity index (χ0v) is 17.5. The third-order valence-corrected chi connectivity index (χ3v) is 5.89. The summed E-state index contributed by atoms with van der Waals surface area (Å²) in [4.78, 5) is 28.6. The molecule has 2 N–H and O–H groups in total. The van der Waals surface area contributed by atoms with Crippen LogP contribution in [0.3, 0.4) is 0 Å². The van der Waals surface area contributed by atoms with Gasteiger partial charge in [0.2, 0.25) is 6.79 Å². The molecule has 156 valence electrons. The number of primary amides is 1. The van der Waals surface area contributed by atoms with Crippen LogP contribution in [0.1, 0.15) is 33.7 Å². The number of nitrogens with two attached hydrogens (primary N) is 1. The number of carbonyl (C=O) groups is 2. The fourth-order valence-corrected chi connectivity index (χ4v) is 4.40. The van der Waals surface area contributed by atoms with Crippen LogP contribution >= 0.6 is 11.3 Å². The Labute approximate surface area is 177 Å². The Morgan fingerprint density at radius 2 is 2.10 bits per heavy atom. The lowest BCUT2D eigenvalue weighted by Crippen LogP contribution is -2.13. The summed E-state index contributed by atoms with van der Waals surface area (Å²) in [6, 6.07) is 5.73. The molecule has 0 saturated heterocycles. The highest BCUT2D eigenvalue weighted by atomic mass is 32.1. The molecular weight excluding hydrogens is 406 g/mol. The van der Waals surface area contributed by atoms with Gasteiger partial charge in [-0.3, -0.25) is 9.59 Å². The van der Waals surface area contributed by atoms with Gasteiger partial charge in [-0.15, -0.1) is 11.3 Å². The Balaban J connectivity index is 1.82. The van der Waals surface area contributed by atoms with Gasteiger partial charge in [0.1, 0.15) is 5.01 Å². The molecule has 0 radical (unpaired) electrons. The first-order valence-electron chi connectivity index (χ1n) is 9.36. The lowest BCUT2D eigenvalue weighted by Gasteiger charge is -2.13. The Bertz CT molecular complexity index is 1100. The Hall–Kier alpha value is -3.33. The van der Waals surface area contributed by atoms with Crippen LogP contribution in [0, 0.1) is 6.92 Å². The second-order valence-corrected chi connectivity index (χ2v) is 7.73. The summed E-state index contributed by atoms with van der Waals surface area (Å²) < 4.78 is 17.7. The van der Waals surface area contributed by atoms with E-state index < -0.39 is 5.91 Å². The van der Waals surface area contributed by atoms with E-state index in [1.807, 2.05) is 35.1 Å². The number of nitrogens with zero attached hydrogens (tertiary/aromatic N) is 2. The van der Waals surface area contributed by atoms with E-state index in [-0.39, 0.29) is 19.2 Å². The van der Waals surface area contributed by atoms with E-state index in [0.717, 1.165) is 17.0 Å². The highest BCUT2D eigenvalue weighted by Crippen LogP contribution is 2.37. The van der Waals surface area contributed by atoms with Gasteiger partial charge in [-0.25, -0.2) is 4.98 Å². The fourth-order valence-electron chi connectivity index (χ4n) is 3.69. The molecular formula is C21H21N3O5S. The minimum Gasteiger partial charge on any atom is -0.469 e. The molecule has 0 atom stereocenters. The molecule has 0 aliphatic carbocycles. The second-order valence-electron chi connectivity index (χ2n) is 6.83. The quantitative estimate of drug-likeness (QED) is 0.581. The summed E-state index contributed by atoms with van der Waals surface area (Å²) in [7, 11) is 1.36. The number of rotatable bonds is 7. The van der Waals surface area contributed by atoms with Crippen LogP contribution in [0.5, 0.6) is 11.5 Å². The molecule has 8 nitrogen and oxygen atoms in total. The molecule has 1 aliphatic rings. The number of aromatic nitrogens is 2. The first kappa shape index (κ1) is 20.0. The first-order chi connectivity index (χ1) is 14.5. The van der Waals surface area contributed by atoms with Gasteiger partial charge < -0.3 is 24.5 Å². The van der Waals surface area contributed by atoms with Gasteiger partial charge in [0.05, 0.1) is 19.1 Å². The first-order valence-corrected chi connectivity index (χ1v) is 10.2. The lowest BCUT2D eigenvalue weighted by molar-refractivity contribution is -0.140. The highest BCUT2D eigenvalue weighted by Gasteiger charge is 2.27. The summed E-state index contributed by atoms with van der Waals surface area (Å²) >= 11 is 1.42. The van der Waals surface area contributed by atoms with Crippen LogP contribution in [0.4, 0.5) is 0 Å². The van der Waals surface area contributed by atoms with E-state index in [1.54, 1.807) is 6.20 Å². The van der Waals surface area contributed by atoms with E-state index in [4.69, 9.17) is 19.9 Å². The monoisotopic (exact) mass is 427 g/mol. The predicted octanol–water partition coefficient (Wildman–Crippen LogP) is 2.90. The van der Waals surface area contributed by atoms with Crippen molar-refractivity contribution in [3.8, 4) is 22.1 Å². The number of ether oxygens (including phenoxy) is 3. The number of benzene rings is 1. The van der Waals surface area contributed by atoms with Crippen LogP contribution in [-0.4, -0.2) is 35.3 Å². The van der Waals surface area contributed by atoms with Gasteiger partial charge in [-0.2, -0.15) is 0 Å².